The summed E-state index contributed by atoms with van der Waals surface area (Å²) < 4.78 is 17.2. The molecule has 6 nitrogen and oxygen atoms in total. The van der Waals surface area contributed by atoms with Crippen molar-refractivity contribution in [3.63, 3.8) is 0 Å². The summed E-state index contributed by atoms with van der Waals surface area (Å²) in [6, 6.07) is 8.11. The van der Waals surface area contributed by atoms with E-state index in [2.05, 4.69) is 44.6 Å². The minimum Gasteiger partial charge on any atom is -0.490 e. The average molecular weight is 494 g/mol. The van der Waals surface area contributed by atoms with Crippen LogP contribution in [-0.4, -0.2) is 37.3 Å². The van der Waals surface area contributed by atoms with Crippen molar-refractivity contribution in [2.45, 2.75) is 39.1 Å². The number of aromatic nitrogens is 1. The molecule has 7 heteroatoms. The molecule has 28 heavy (non-hydrogen) atoms. The lowest BCUT2D eigenvalue weighted by molar-refractivity contribution is 0.0599. The van der Waals surface area contributed by atoms with Gasteiger partial charge in [-0.15, -0.1) is 0 Å². The van der Waals surface area contributed by atoms with Crippen molar-refractivity contribution in [1.82, 2.24) is 4.98 Å². The molecule has 2 aromatic rings. The number of carbonyl (C=O) groups excluding carboxylic acids is 1. The summed E-state index contributed by atoms with van der Waals surface area (Å²) >= 11 is 2.10. The summed E-state index contributed by atoms with van der Waals surface area (Å²) in [5.41, 5.74) is 3.99. The zero-order chi connectivity index (χ0) is 19.7. The van der Waals surface area contributed by atoms with E-state index >= 15 is 0 Å². The highest BCUT2D eigenvalue weighted by Crippen LogP contribution is 2.29. The molecule has 1 fully saturated rings. The third-order valence-corrected chi connectivity index (χ3v) is 6.10. The van der Waals surface area contributed by atoms with E-state index in [0.717, 1.165) is 43.1 Å². The molecule has 1 saturated heterocycles. The molecular formula is C21H23IN2O4. The minimum absolute atomic E-state index is 0.199. The number of methoxy groups -OCH3 is 1. The Morgan fingerprint density at radius 2 is 1.96 bits per heavy atom. The van der Waals surface area contributed by atoms with Crippen molar-refractivity contribution >= 4 is 34.4 Å². The summed E-state index contributed by atoms with van der Waals surface area (Å²) in [5.74, 6) is 1.51. The van der Waals surface area contributed by atoms with E-state index in [1.54, 1.807) is 0 Å². The molecule has 0 bridgehead atoms. The summed E-state index contributed by atoms with van der Waals surface area (Å²) in [6.07, 6.45) is 2.07. The van der Waals surface area contributed by atoms with Gasteiger partial charge in [0.15, 0.2) is 0 Å². The monoisotopic (exact) mass is 494 g/mol. The molecule has 0 aliphatic carbocycles. The molecule has 4 rings (SSSR count). The zero-order valence-corrected chi connectivity index (χ0v) is 18.2. The van der Waals surface area contributed by atoms with Gasteiger partial charge in [0, 0.05) is 25.9 Å². The van der Waals surface area contributed by atoms with Crippen LogP contribution in [0.4, 0.5) is 5.82 Å². The summed E-state index contributed by atoms with van der Waals surface area (Å²) in [7, 11) is 1.39. The first kappa shape index (κ1) is 19.4. The molecule has 3 heterocycles. The number of anilines is 1. The molecule has 0 amide bonds. The first-order valence-electron chi connectivity index (χ1n) is 9.41. The molecule has 0 atom stereocenters. The predicted octanol–water partition coefficient (Wildman–Crippen LogP) is 3.86. The second kappa shape index (κ2) is 8.24. The smallest absolute Gasteiger partial charge is 0.340 e. The van der Waals surface area contributed by atoms with Crippen molar-refractivity contribution in [3.8, 4) is 5.75 Å². The SMILES string of the molecule is COC(=O)c1cc(C)c(N2CCC(Oc3ccc4c(c3)COC4)CC2)nc1I. The molecule has 2 aliphatic rings. The van der Waals surface area contributed by atoms with Gasteiger partial charge in [-0.2, -0.15) is 0 Å². The van der Waals surface area contributed by atoms with E-state index in [9.17, 15) is 4.79 Å². The number of fused-ring (bicyclic) bond motifs is 1. The maximum absolute atomic E-state index is 11.9. The van der Waals surface area contributed by atoms with Gasteiger partial charge in [0.25, 0.3) is 0 Å². The summed E-state index contributed by atoms with van der Waals surface area (Å²) in [5, 5.41) is 0. The van der Waals surface area contributed by atoms with Crippen LogP contribution in [0.25, 0.3) is 0 Å². The van der Waals surface area contributed by atoms with Gasteiger partial charge in [0.1, 0.15) is 21.4 Å². The van der Waals surface area contributed by atoms with Crippen LogP contribution in [0.3, 0.4) is 0 Å². The fourth-order valence-corrected chi connectivity index (χ4v) is 4.36. The Morgan fingerprint density at radius 3 is 2.71 bits per heavy atom. The summed E-state index contributed by atoms with van der Waals surface area (Å²) in [4.78, 5) is 18.8. The number of nitrogens with zero attached hydrogens (tertiary/aromatic N) is 2. The second-order valence-electron chi connectivity index (χ2n) is 7.19. The lowest BCUT2D eigenvalue weighted by atomic mass is 10.1. The van der Waals surface area contributed by atoms with Crippen molar-refractivity contribution in [1.29, 1.82) is 0 Å². The Balaban J connectivity index is 1.40. The van der Waals surface area contributed by atoms with Crippen LogP contribution in [0.15, 0.2) is 24.3 Å². The van der Waals surface area contributed by atoms with Gasteiger partial charge in [-0.1, -0.05) is 6.07 Å². The van der Waals surface area contributed by atoms with Crippen LogP contribution >= 0.6 is 22.6 Å². The molecule has 1 aromatic carbocycles. The topological polar surface area (TPSA) is 60.9 Å². The third-order valence-electron chi connectivity index (χ3n) is 5.28. The van der Waals surface area contributed by atoms with Gasteiger partial charge in [-0.05, 0) is 64.4 Å². The predicted molar refractivity (Wildman–Crippen MR) is 114 cm³/mol. The molecule has 0 N–H and O–H groups in total. The van der Waals surface area contributed by atoms with Gasteiger partial charge in [-0.3, -0.25) is 0 Å². The largest absolute Gasteiger partial charge is 0.490 e. The highest BCUT2D eigenvalue weighted by atomic mass is 127. The number of aryl methyl sites for hydroxylation is 1. The van der Waals surface area contributed by atoms with Crippen LogP contribution < -0.4 is 9.64 Å². The number of pyridine rings is 1. The van der Waals surface area contributed by atoms with Crippen LogP contribution in [0.2, 0.25) is 0 Å². The maximum Gasteiger partial charge on any atom is 0.340 e. The number of hydrogen-bond acceptors (Lipinski definition) is 6. The molecular weight excluding hydrogens is 471 g/mol. The maximum atomic E-state index is 11.9. The Hall–Kier alpha value is -1.87. The fourth-order valence-electron chi connectivity index (χ4n) is 3.75. The van der Waals surface area contributed by atoms with Gasteiger partial charge in [0.2, 0.25) is 0 Å². The Morgan fingerprint density at radius 1 is 1.21 bits per heavy atom. The van der Waals surface area contributed by atoms with E-state index in [-0.39, 0.29) is 12.1 Å². The molecule has 1 aromatic heterocycles. The van der Waals surface area contributed by atoms with Crippen LogP contribution in [-0.2, 0) is 22.7 Å². The van der Waals surface area contributed by atoms with Crippen molar-refractivity contribution in [2.75, 3.05) is 25.1 Å². The van der Waals surface area contributed by atoms with Gasteiger partial charge >= 0.3 is 5.97 Å². The molecule has 0 unspecified atom stereocenters. The Bertz CT molecular complexity index is 894. The number of ether oxygens (including phenoxy) is 3. The molecule has 2 aliphatic heterocycles. The van der Waals surface area contributed by atoms with Gasteiger partial charge in [0.05, 0.1) is 25.9 Å². The van der Waals surface area contributed by atoms with Crippen LogP contribution in [0.5, 0.6) is 5.75 Å². The molecule has 0 spiro atoms. The number of piperidine rings is 1. The normalized spacial score (nSPS) is 16.8. The lowest BCUT2D eigenvalue weighted by Crippen LogP contribution is -2.39. The number of esters is 1. The van der Waals surface area contributed by atoms with Gasteiger partial charge in [-0.25, -0.2) is 9.78 Å². The number of benzene rings is 1. The molecule has 0 radical (unpaired) electrons. The molecule has 148 valence electrons. The lowest BCUT2D eigenvalue weighted by Gasteiger charge is -2.34. The fraction of sp³-hybridized carbons (Fsp3) is 0.429. The van der Waals surface area contributed by atoms with E-state index in [4.69, 9.17) is 14.2 Å². The highest BCUT2D eigenvalue weighted by molar-refractivity contribution is 14.1. The van der Waals surface area contributed by atoms with Crippen molar-refractivity contribution in [2.24, 2.45) is 0 Å². The Labute approximate surface area is 178 Å². The van der Waals surface area contributed by atoms with Crippen LogP contribution in [0.1, 0.15) is 39.9 Å². The van der Waals surface area contributed by atoms with E-state index in [1.807, 2.05) is 19.1 Å². The second-order valence-corrected chi connectivity index (χ2v) is 8.21. The highest BCUT2D eigenvalue weighted by Gasteiger charge is 2.25. The zero-order valence-electron chi connectivity index (χ0n) is 16.0. The number of halogens is 1. The van der Waals surface area contributed by atoms with Crippen LogP contribution in [0, 0.1) is 10.6 Å². The van der Waals surface area contributed by atoms with E-state index in [0.29, 0.717) is 22.5 Å². The molecule has 0 saturated carbocycles. The van der Waals surface area contributed by atoms with E-state index in [1.165, 1.54) is 18.2 Å². The first-order chi connectivity index (χ1) is 13.5. The summed E-state index contributed by atoms with van der Waals surface area (Å²) in [6.45, 7) is 5.12. The van der Waals surface area contributed by atoms with Gasteiger partial charge < -0.3 is 19.1 Å². The standard InChI is InChI=1S/C21H23IN2O4/c1-13-9-18(21(25)26-2)19(22)23-20(13)24-7-5-16(6-8-24)28-17-4-3-14-11-27-12-15(14)10-17/h3-4,9-10,16H,5-8,11-12H2,1-2H3. The van der Waals surface area contributed by atoms with E-state index < -0.39 is 0 Å². The first-order valence-corrected chi connectivity index (χ1v) is 10.5. The average Bonchev–Trinajstić information content (AvgIpc) is 3.17. The Kier molecular flexibility index (Phi) is 5.73. The number of carbonyl (C=O) groups is 1. The quantitative estimate of drug-likeness (QED) is 0.366. The van der Waals surface area contributed by atoms with Crippen molar-refractivity contribution < 1.29 is 19.0 Å². The number of rotatable bonds is 4. The van der Waals surface area contributed by atoms with Crippen molar-refractivity contribution in [3.05, 3.63) is 50.2 Å². The third kappa shape index (κ3) is 3.96. The minimum atomic E-state index is -0.349. The number of hydrogen-bond donors (Lipinski definition) is 0.